The maximum Gasteiger partial charge on any atom is 0.329 e. The predicted octanol–water partition coefficient (Wildman–Crippen LogP) is 3.86. The van der Waals surface area contributed by atoms with Crippen LogP contribution in [0.15, 0.2) is 53.1 Å². The molecule has 0 bridgehead atoms. The average molecular weight is 492 g/mol. The third-order valence-electron chi connectivity index (χ3n) is 5.84. The molecule has 2 amide bonds. The van der Waals surface area contributed by atoms with E-state index in [0.717, 1.165) is 35.3 Å². The minimum Gasteiger partial charge on any atom is -0.459 e. The SMILES string of the molecule is CC1CCc2c(sc(NC(=O)COC(=O)[C@H](Cc3ccccc3)NC(=O)c3ccco3)c2C#N)C1. The lowest BCUT2D eigenvalue weighted by Crippen LogP contribution is -2.44. The number of nitrogens with one attached hydrogen (secondary N) is 2. The van der Waals surface area contributed by atoms with Gasteiger partial charge in [-0.3, -0.25) is 9.59 Å². The summed E-state index contributed by atoms with van der Waals surface area (Å²) >= 11 is 1.41. The van der Waals surface area contributed by atoms with Crippen LogP contribution in [0.4, 0.5) is 5.00 Å². The largest absolute Gasteiger partial charge is 0.459 e. The molecule has 1 aromatic carbocycles. The first-order chi connectivity index (χ1) is 16.9. The molecule has 9 heteroatoms. The number of hydrogen-bond acceptors (Lipinski definition) is 7. The number of thiophene rings is 1. The second-order valence-electron chi connectivity index (χ2n) is 8.52. The summed E-state index contributed by atoms with van der Waals surface area (Å²) in [6, 6.07) is 13.4. The molecule has 0 saturated heterocycles. The van der Waals surface area contributed by atoms with E-state index in [-0.39, 0.29) is 12.2 Å². The maximum atomic E-state index is 12.8. The highest BCUT2D eigenvalue weighted by atomic mass is 32.1. The van der Waals surface area contributed by atoms with Crippen molar-refractivity contribution in [3.8, 4) is 6.07 Å². The van der Waals surface area contributed by atoms with Crippen molar-refractivity contribution >= 4 is 34.1 Å². The number of fused-ring (bicyclic) bond motifs is 1. The van der Waals surface area contributed by atoms with E-state index in [2.05, 4.69) is 23.6 Å². The van der Waals surface area contributed by atoms with Crippen LogP contribution >= 0.6 is 11.3 Å². The van der Waals surface area contributed by atoms with Gasteiger partial charge in [-0.1, -0.05) is 37.3 Å². The fraction of sp³-hybridized carbons (Fsp3) is 0.308. The number of anilines is 1. The Labute approximate surface area is 206 Å². The van der Waals surface area contributed by atoms with Crippen LogP contribution < -0.4 is 10.6 Å². The number of nitriles is 1. The van der Waals surface area contributed by atoms with Crippen molar-refractivity contribution < 1.29 is 23.5 Å². The predicted molar refractivity (Wildman–Crippen MR) is 130 cm³/mol. The van der Waals surface area contributed by atoms with Gasteiger partial charge in [0.2, 0.25) is 0 Å². The summed E-state index contributed by atoms with van der Waals surface area (Å²) in [5.41, 5.74) is 2.31. The Kier molecular flexibility index (Phi) is 7.63. The molecule has 4 rings (SSSR count). The number of benzene rings is 1. The molecule has 1 unspecified atom stereocenters. The molecule has 0 spiro atoms. The van der Waals surface area contributed by atoms with Crippen molar-refractivity contribution in [2.45, 2.75) is 38.6 Å². The van der Waals surface area contributed by atoms with E-state index in [0.29, 0.717) is 16.5 Å². The highest BCUT2D eigenvalue weighted by Gasteiger charge is 2.27. The second-order valence-corrected chi connectivity index (χ2v) is 9.62. The molecular formula is C26H25N3O5S. The molecule has 2 atom stereocenters. The first-order valence-corrected chi connectivity index (χ1v) is 12.2. The average Bonchev–Trinajstić information content (AvgIpc) is 3.50. The van der Waals surface area contributed by atoms with Crippen molar-refractivity contribution in [2.75, 3.05) is 11.9 Å². The zero-order valence-electron chi connectivity index (χ0n) is 19.2. The van der Waals surface area contributed by atoms with Crippen molar-refractivity contribution in [1.82, 2.24) is 5.32 Å². The Hall–Kier alpha value is -3.90. The van der Waals surface area contributed by atoms with E-state index in [4.69, 9.17) is 9.15 Å². The van der Waals surface area contributed by atoms with Gasteiger partial charge >= 0.3 is 5.97 Å². The number of carbonyl (C=O) groups excluding carboxylic acids is 3. The van der Waals surface area contributed by atoms with Crippen LogP contribution in [0.5, 0.6) is 0 Å². The number of hydrogen-bond donors (Lipinski definition) is 2. The van der Waals surface area contributed by atoms with Gasteiger partial charge in [-0.15, -0.1) is 11.3 Å². The van der Waals surface area contributed by atoms with Gasteiger partial charge in [-0.2, -0.15) is 5.26 Å². The first kappa shape index (κ1) is 24.2. The molecule has 0 fully saturated rings. The zero-order chi connectivity index (χ0) is 24.8. The van der Waals surface area contributed by atoms with Crippen LogP contribution in [0.3, 0.4) is 0 Å². The number of ether oxygens (including phenoxy) is 1. The molecule has 180 valence electrons. The van der Waals surface area contributed by atoms with Gasteiger partial charge in [-0.05, 0) is 48.4 Å². The summed E-state index contributed by atoms with van der Waals surface area (Å²) in [7, 11) is 0. The lowest BCUT2D eigenvalue weighted by atomic mass is 9.89. The van der Waals surface area contributed by atoms with Crippen LogP contribution in [-0.2, 0) is 33.6 Å². The Bertz CT molecular complexity index is 1240. The number of carbonyl (C=O) groups is 3. The number of amides is 2. The Morgan fingerprint density at radius 2 is 2.03 bits per heavy atom. The Morgan fingerprint density at radius 1 is 1.23 bits per heavy atom. The summed E-state index contributed by atoms with van der Waals surface area (Å²) in [6.45, 7) is 1.63. The summed E-state index contributed by atoms with van der Waals surface area (Å²) < 4.78 is 10.3. The lowest BCUT2D eigenvalue weighted by molar-refractivity contribution is -0.149. The molecule has 3 aromatic rings. The Balaban J connectivity index is 1.40. The summed E-state index contributed by atoms with van der Waals surface area (Å²) in [4.78, 5) is 39.0. The molecule has 2 aromatic heterocycles. The highest BCUT2D eigenvalue weighted by molar-refractivity contribution is 7.16. The molecule has 35 heavy (non-hydrogen) atoms. The molecular weight excluding hydrogens is 466 g/mol. The van der Waals surface area contributed by atoms with Crippen molar-refractivity contribution in [2.24, 2.45) is 5.92 Å². The third-order valence-corrected chi connectivity index (χ3v) is 7.01. The maximum absolute atomic E-state index is 12.8. The second kappa shape index (κ2) is 11.0. The lowest BCUT2D eigenvalue weighted by Gasteiger charge is -2.17. The van der Waals surface area contributed by atoms with Crippen LogP contribution in [0.25, 0.3) is 0 Å². The van der Waals surface area contributed by atoms with Crippen LogP contribution in [0, 0.1) is 17.2 Å². The molecule has 1 aliphatic carbocycles. The van der Waals surface area contributed by atoms with Gasteiger partial charge in [0.25, 0.3) is 11.8 Å². The van der Waals surface area contributed by atoms with E-state index >= 15 is 0 Å². The van der Waals surface area contributed by atoms with Gasteiger partial charge < -0.3 is 19.8 Å². The summed E-state index contributed by atoms with van der Waals surface area (Å²) in [6.07, 6.45) is 4.26. The fourth-order valence-electron chi connectivity index (χ4n) is 4.04. The monoisotopic (exact) mass is 491 g/mol. The van der Waals surface area contributed by atoms with Crippen LogP contribution in [0.2, 0.25) is 0 Å². The molecule has 0 radical (unpaired) electrons. The van der Waals surface area contributed by atoms with E-state index < -0.39 is 30.4 Å². The van der Waals surface area contributed by atoms with Crippen LogP contribution in [-0.4, -0.2) is 30.4 Å². The fourth-order valence-corrected chi connectivity index (χ4v) is 5.41. The number of rotatable bonds is 8. The zero-order valence-corrected chi connectivity index (χ0v) is 20.0. The summed E-state index contributed by atoms with van der Waals surface area (Å²) in [5, 5.41) is 15.4. The first-order valence-electron chi connectivity index (χ1n) is 11.3. The van der Waals surface area contributed by atoms with Crippen LogP contribution in [0.1, 0.15) is 45.5 Å². The quantitative estimate of drug-likeness (QED) is 0.462. The van der Waals surface area contributed by atoms with Gasteiger partial charge in [0.15, 0.2) is 12.4 Å². The standard InChI is InChI=1S/C26H25N3O5S/c1-16-9-10-18-19(14-27)25(35-22(18)12-16)29-23(30)15-34-26(32)20(13-17-6-3-2-4-7-17)28-24(31)21-8-5-11-33-21/h2-8,11,16,20H,9-10,12-13,15H2,1H3,(H,28,31)(H,29,30)/t16?,20-/m0/s1. The normalized spacial score (nSPS) is 15.4. The molecule has 0 saturated carbocycles. The molecule has 2 heterocycles. The summed E-state index contributed by atoms with van der Waals surface area (Å²) in [5.74, 6) is -1.25. The number of esters is 1. The van der Waals surface area contributed by atoms with Gasteiger partial charge in [0.1, 0.15) is 17.1 Å². The topological polar surface area (TPSA) is 121 Å². The van der Waals surface area contributed by atoms with Gasteiger partial charge in [0, 0.05) is 11.3 Å². The molecule has 8 nitrogen and oxygen atoms in total. The van der Waals surface area contributed by atoms with Gasteiger partial charge in [-0.25, -0.2) is 4.79 Å². The van der Waals surface area contributed by atoms with E-state index in [1.807, 2.05) is 30.3 Å². The molecule has 1 aliphatic rings. The van der Waals surface area contributed by atoms with Crippen molar-refractivity contribution in [3.05, 3.63) is 76.1 Å². The van der Waals surface area contributed by atoms with E-state index in [9.17, 15) is 19.6 Å². The highest BCUT2D eigenvalue weighted by Crippen LogP contribution is 2.39. The minimum atomic E-state index is -1.02. The molecule has 0 aliphatic heterocycles. The Morgan fingerprint density at radius 3 is 2.74 bits per heavy atom. The third kappa shape index (κ3) is 5.97. The van der Waals surface area contributed by atoms with E-state index in [1.54, 1.807) is 6.07 Å². The number of furan rings is 1. The minimum absolute atomic E-state index is 0.0635. The smallest absolute Gasteiger partial charge is 0.329 e. The van der Waals surface area contributed by atoms with E-state index in [1.165, 1.54) is 23.7 Å². The molecule has 2 N–H and O–H groups in total. The van der Waals surface area contributed by atoms with Crippen molar-refractivity contribution in [3.63, 3.8) is 0 Å². The van der Waals surface area contributed by atoms with Crippen molar-refractivity contribution in [1.29, 1.82) is 5.26 Å². The van der Waals surface area contributed by atoms with Gasteiger partial charge in [0.05, 0.1) is 11.8 Å². The number of nitrogens with zero attached hydrogens (tertiary/aromatic N) is 1.